The van der Waals surface area contributed by atoms with Gasteiger partial charge in [-0.2, -0.15) is 13.2 Å². The zero-order chi connectivity index (χ0) is 30.9. The van der Waals surface area contributed by atoms with Crippen molar-refractivity contribution in [2.45, 2.75) is 74.8 Å². The molecule has 44 heavy (non-hydrogen) atoms. The van der Waals surface area contributed by atoms with Gasteiger partial charge in [0.1, 0.15) is 5.60 Å². The Morgan fingerprint density at radius 2 is 1.75 bits per heavy atom. The fraction of sp³-hybridized carbons (Fsp3) is 0.469. The lowest BCUT2D eigenvalue weighted by molar-refractivity contribution is -0.137. The number of hydrogen-bond acceptors (Lipinski definition) is 7. The predicted octanol–water partition coefficient (Wildman–Crippen LogP) is 4.67. The van der Waals surface area contributed by atoms with Crippen LogP contribution in [0.3, 0.4) is 0 Å². The molecule has 2 aromatic heterocycles. The molecule has 12 heteroatoms. The number of carbonyl (C=O) groups excluding carboxylic acids is 2. The summed E-state index contributed by atoms with van der Waals surface area (Å²) in [5.41, 5.74) is -0.602. The van der Waals surface area contributed by atoms with Gasteiger partial charge in [0.2, 0.25) is 5.91 Å². The normalized spacial score (nSPS) is 25.8. The number of alkyl halides is 3. The van der Waals surface area contributed by atoms with Crippen molar-refractivity contribution in [2.75, 3.05) is 19.6 Å². The van der Waals surface area contributed by atoms with Crippen molar-refractivity contribution >= 4 is 11.8 Å². The van der Waals surface area contributed by atoms with Gasteiger partial charge in [0.15, 0.2) is 5.82 Å². The van der Waals surface area contributed by atoms with Gasteiger partial charge in [0, 0.05) is 57.2 Å². The fourth-order valence-electron chi connectivity index (χ4n) is 7.10. The molecule has 9 nitrogen and oxygen atoms in total. The molecule has 3 aliphatic rings. The van der Waals surface area contributed by atoms with E-state index in [0.717, 1.165) is 56.3 Å². The quantitative estimate of drug-likeness (QED) is 0.416. The van der Waals surface area contributed by atoms with Crippen molar-refractivity contribution in [1.29, 1.82) is 0 Å². The second kappa shape index (κ2) is 12.2. The van der Waals surface area contributed by atoms with Crippen LogP contribution < -0.4 is 5.32 Å². The van der Waals surface area contributed by atoms with E-state index >= 15 is 0 Å². The number of amides is 2. The van der Waals surface area contributed by atoms with Crippen molar-refractivity contribution in [3.05, 3.63) is 77.9 Å². The van der Waals surface area contributed by atoms with Crippen LogP contribution in [0.2, 0.25) is 0 Å². The molecule has 2 saturated heterocycles. The van der Waals surface area contributed by atoms with Gasteiger partial charge >= 0.3 is 6.18 Å². The van der Waals surface area contributed by atoms with Gasteiger partial charge in [-0.15, -0.1) is 0 Å². The molecule has 1 aromatic carbocycles. The summed E-state index contributed by atoms with van der Waals surface area (Å²) in [6.07, 6.45) is 5.93. The van der Waals surface area contributed by atoms with Crippen molar-refractivity contribution in [2.24, 2.45) is 0 Å². The number of pyridine rings is 1. The molecule has 2 amide bonds. The molecule has 0 spiro atoms. The van der Waals surface area contributed by atoms with Crippen LogP contribution in [0.5, 0.6) is 0 Å². The third kappa shape index (κ3) is 6.18. The first-order valence-electron chi connectivity index (χ1n) is 15.1. The maximum absolute atomic E-state index is 13.2. The Hall–Kier alpha value is -3.90. The van der Waals surface area contributed by atoms with E-state index in [9.17, 15) is 27.9 Å². The third-order valence-corrected chi connectivity index (χ3v) is 9.34. The molecule has 3 fully saturated rings. The first-order valence-corrected chi connectivity index (χ1v) is 15.1. The van der Waals surface area contributed by atoms with E-state index in [1.54, 1.807) is 24.7 Å². The average Bonchev–Trinajstić information content (AvgIpc) is 3.49. The van der Waals surface area contributed by atoms with Crippen LogP contribution in [-0.2, 0) is 16.6 Å². The number of fused-ring (bicyclic) bond motifs is 1. The van der Waals surface area contributed by atoms with Crippen LogP contribution in [0.4, 0.5) is 13.2 Å². The van der Waals surface area contributed by atoms with Gasteiger partial charge in [0.25, 0.3) is 5.91 Å². The summed E-state index contributed by atoms with van der Waals surface area (Å²) in [6, 6.07) is 10.2. The van der Waals surface area contributed by atoms with Gasteiger partial charge in [-0.3, -0.25) is 19.5 Å². The standard InChI is InChI=1S/C32H35F3N6O3.2H2/c33-32(34,35)23-5-1-4-21(18-23)30(43)39-20-28(42)41-17-11-26-25(41)6-2-16-40(26)24-9-12-31(44,13-10-24)27-8-7-22(19-38-27)29-36-14-3-15-37-29;;/h1,3-5,7-8,14-15,18-19,24-26,44H,2,6,9-13,16-17,20H2,(H,39,43);2*1H/t24?,25-,26+,31?;;/m0../s1. The molecule has 1 saturated carbocycles. The maximum Gasteiger partial charge on any atom is 0.416 e. The largest absolute Gasteiger partial charge is 0.416 e. The summed E-state index contributed by atoms with van der Waals surface area (Å²) in [5, 5.41) is 14.0. The number of aliphatic hydroxyl groups is 1. The summed E-state index contributed by atoms with van der Waals surface area (Å²) >= 11 is 0. The molecule has 236 valence electrons. The molecular formula is C32H39F3N6O3. The second-order valence-electron chi connectivity index (χ2n) is 11.9. The molecule has 6 rings (SSSR count). The lowest BCUT2D eigenvalue weighted by Crippen LogP contribution is -2.56. The van der Waals surface area contributed by atoms with Crippen molar-refractivity contribution in [3.63, 3.8) is 0 Å². The van der Waals surface area contributed by atoms with E-state index in [1.165, 1.54) is 12.1 Å². The molecular weight excluding hydrogens is 573 g/mol. The van der Waals surface area contributed by atoms with Crippen molar-refractivity contribution < 1.29 is 30.7 Å². The second-order valence-corrected chi connectivity index (χ2v) is 11.9. The van der Waals surface area contributed by atoms with Gasteiger partial charge in [0.05, 0.1) is 17.8 Å². The molecule has 2 atom stereocenters. The SMILES string of the molecule is O=C(NCC(=O)N1CC[C@@H]2[C@@H]1CCCN2C1CCC(O)(c2ccc(-c3ncccn3)cn2)CC1)c1cccc(C(F)(F)F)c1.[HH].[HH]. The summed E-state index contributed by atoms with van der Waals surface area (Å²) in [7, 11) is 0. The van der Waals surface area contributed by atoms with Crippen LogP contribution in [0, 0.1) is 0 Å². The van der Waals surface area contributed by atoms with Gasteiger partial charge < -0.3 is 15.3 Å². The number of likely N-dealkylation sites (tertiary alicyclic amines) is 2. The molecule has 2 N–H and O–H groups in total. The lowest BCUT2D eigenvalue weighted by atomic mass is 9.78. The number of nitrogens with one attached hydrogen (secondary N) is 1. The summed E-state index contributed by atoms with van der Waals surface area (Å²) in [5.74, 6) is -0.352. The van der Waals surface area contributed by atoms with Crippen LogP contribution in [0.15, 0.2) is 61.1 Å². The lowest BCUT2D eigenvalue weighted by Gasteiger charge is -2.47. The Bertz CT molecular complexity index is 1490. The highest BCUT2D eigenvalue weighted by Crippen LogP contribution is 2.41. The predicted molar refractivity (Wildman–Crippen MR) is 159 cm³/mol. The summed E-state index contributed by atoms with van der Waals surface area (Å²) in [4.78, 5) is 43.1. The Kier molecular flexibility index (Phi) is 8.38. The zero-order valence-electron chi connectivity index (χ0n) is 24.2. The topological polar surface area (TPSA) is 112 Å². The smallest absolute Gasteiger partial charge is 0.384 e. The first-order chi connectivity index (χ1) is 21.1. The average molecular weight is 613 g/mol. The number of hydrogen-bond donors (Lipinski definition) is 2. The zero-order valence-corrected chi connectivity index (χ0v) is 24.2. The van der Waals surface area contributed by atoms with Gasteiger partial charge in [-0.1, -0.05) is 6.07 Å². The molecule has 3 aromatic rings. The third-order valence-electron chi connectivity index (χ3n) is 9.34. The number of aromatic nitrogens is 3. The van der Waals surface area contributed by atoms with Gasteiger partial charge in [-0.05, 0) is 87.9 Å². The van der Waals surface area contributed by atoms with E-state index < -0.39 is 23.2 Å². The van der Waals surface area contributed by atoms with E-state index in [4.69, 9.17) is 0 Å². The van der Waals surface area contributed by atoms with E-state index in [2.05, 4.69) is 25.2 Å². The molecule has 0 radical (unpaired) electrons. The molecule has 1 aliphatic carbocycles. The maximum atomic E-state index is 13.2. The highest BCUT2D eigenvalue weighted by molar-refractivity contribution is 5.96. The molecule has 2 aliphatic heterocycles. The number of rotatable bonds is 6. The van der Waals surface area contributed by atoms with E-state index in [0.29, 0.717) is 30.9 Å². The Labute approximate surface area is 256 Å². The van der Waals surface area contributed by atoms with Gasteiger partial charge in [-0.25, -0.2) is 9.97 Å². The minimum absolute atomic E-state index is 0. The van der Waals surface area contributed by atoms with Crippen LogP contribution in [0.25, 0.3) is 11.4 Å². The minimum Gasteiger partial charge on any atom is -0.384 e. The first kappa shape index (κ1) is 30.1. The summed E-state index contributed by atoms with van der Waals surface area (Å²) < 4.78 is 39.1. The molecule has 0 unspecified atom stereocenters. The van der Waals surface area contributed by atoms with E-state index in [1.807, 2.05) is 17.0 Å². The number of halogens is 3. The number of nitrogens with zero attached hydrogens (tertiary/aromatic N) is 5. The van der Waals surface area contributed by atoms with Crippen LogP contribution in [0.1, 0.15) is 69.4 Å². The molecule has 4 heterocycles. The summed E-state index contributed by atoms with van der Waals surface area (Å²) in [6.45, 7) is 1.24. The molecule has 0 bridgehead atoms. The van der Waals surface area contributed by atoms with Crippen LogP contribution in [-0.4, -0.2) is 79.4 Å². The fourth-order valence-corrected chi connectivity index (χ4v) is 7.10. The Balaban J connectivity index is 0.00000240. The minimum atomic E-state index is -4.55. The number of piperidine rings is 1. The highest BCUT2D eigenvalue weighted by Gasteiger charge is 2.46. The number of carbonyl (C=O) groups is 2. The number of benzene rings is 1. The Morgan fingerprint density at radius 1 is 0.977 bits per heavy atom. The van der Waals surface area contributed by atoms with Crippen molar-refractivity contribution in [3.8, 4) is 11.4 Å². The monoisotopic (exact) mass is 612 g/mol. The van der Waals surface area contributed by atoms with Crippen LogP contribution >= 0.6 is 0 Å². The Morgan fingerprint density at radius 3 is 2.45 bits per heavy atom. The van der Waals surface area contributed by atoms with E-state index in [-0.39, 0.29) is 39.0 Å². The van der Waals surface area contributed by atoms with Crippen molar-refractivity contribution in [1.82, 2.24) is 30.1 Å². The highest BCUT2D eigenvalue weighted by atomic mass is 19.4.